The van der Waals surface area contributed by atoms with Gasteiger partial charge in [-0.1, -0.05) is 12.1 Å². The smallest absolute Gasteiger partial charge is 0.215 e. The Hall–Kier alpha value is -1.76. The van der Waals surface area contributed by atoms with Crippen molar-refractivity contribution in [2.75, 3.05) is 20.3 Å². The summed E-state index contributed by atoms with van der Waals surface area (Å²) in [5.74, 6) is 0.376. The maximum atomic E-state index is 12.5. The van der Waals surface area contributed by atoms with Crippen molar-refractivity contribution in [3.8, 4) is 5.75 Å². The van der Waals surface area contributed by atoms with Crippen molar-refractivity contribution < 1.29 is 14.3 Å². The Bertz CT molecular complexity index is 610. The van der Waals surface area contributed by atoms with E-state index in [1.807, 2.05) is 13.0 Å². The number of aromatic nitrogens is 1. The zero-order valence-electron chi connectivity index (χ0n) is 12.0. The lowest BCUT2D eigenvalue weighted by Crippen LogP contribution is -2.10. The number of thiazole rings is 1. The van der Waals surface area contributed by atoms with Crippen LogP contribution in [0.4, 0.5) is 0 Å². The summed E-state index contributed by atoms with van der Waals surface area (Å²) in [6, 6.07) is 6.95. The highest BCUT2D eigenvalue weighted by Crippen LogP contribution is 2.23. The lowest BCUT2D eigenvalue weighted by molar-refractivity contribution is 0.102. The van der Waals surface area contributed by atoms with Crippen LogP contribution in [0.3, 0.4) is 0 Å². The minimum atomic E-state index is -0.176. The first-order valence-electron chi connectivity index (χ1n) is 6.60. The van der Waals surface area contributed by atoms with E-state index in [9.17, 15) is 4.79 Å². The number of ether oxygens (including phenoxy) is 2. The minimum absolute atomic E-state index is 0.161. The Kier molecular flexibility index (Phi) is 5.44. The molecule has 1 aromatic carbocycles. The summed E-state index contributed by atoms with van der Waals surface area (Å²) in [7, 11) is 1.60. The van der Waals surface area contributed by atoms with Crippen LogP contribution in [0, 0.1) is 0 Å². The molecule has 0 radical (unpaired) electrons. The van der Waals surface area contributed by atoms with Crippen LogP contribution >= 0.6 is 11.3 Å². The quantitative estimate of drug-likeness (QED) is 0.628. The largest absolute Gasteiger partial charge is 0.490 e. The summed E-state index contributed by atoms with van der Waals surface area (Å²) >= 11 is 1.39. The van der Waals surface area contributed by atoms with E-state index in [1.54, 1.807) is 30.7 Å². The second-order valence-corrected chi connectivity index (χ2v) is 5.42. The number of nitrogens with two attached hydrogens (primary N) is 1. The summed E-state index contributed by atoms with van der Waals surface area (Å²) in [6.07, 6.45) is 0. The molecule has 1 heterocycles. The molecular formula is C15H18N2O3S. The van der Waals surface area contributed by atoms with Crippen LogP contribution in [0.1, 0.15) is 34.0 Å². The molecule has 0 aliphatic carbocycles. The number of nitrogens with zero attached hydrogens (tertiary/aromatic N) is 1. The number of para-hydroxylation sites is 1. The molecule has 0 aliphatic rings. The Labute approximate surface area is 127 Å². The number of hydrogen-bond acceptors (Lipinski definition) is 6. The lowest BCUT2D eigenvalue weighted by Gasteiger charge is -2.09. The molecule has 1 atom stereocenters. The van der Waals surface area contributed by atoms with E-state index >= 15 is 0 Å². The van der Waals surface area contributed by atoms with Crippen molar-refractivity contribution in [3.63, 3.8) is 0 Å². The Morgan fingerprint density at radius 1 is 1.38 bits per heavy atom. The fourth-order valence-electron chi connectivity index (χ4n) is 1.75. The molecule has 1 unspecified atom stereocenters. The third-order valence-corrected chi connectivity index (χ3v) is 3.87. The predicted octanol–water partition coefficient (Wildman–Crippen LogP) is 2.42. The van der Waals surface area contributed by atoms with Gasteiger partial charge >= 0.3 is 0 Å². The number of rotatable bonds is 7. The molecule has 5 nitrogen and oxygen atoms in total. The molecule has 0 amide bonds. The summed E-state index contributed by atoms with van der Waals surface area (Å²) < 4.78 is 10.5. The molecule has 0 saturated carbocycles. The van der Waals surface area contributed by atoms with E-state index in [-0.39, 0.29) is 11.8 Å². The van der Waals surface area contributed by atoms with E-state index in [2.05, 4.69) is 4.98 Å². The molecule has 0 fully saturated rings. The Morgan fingerprint density at radius 3 is 2.81 bits per heavy atom. The van der Waals surface area contributed by atoms with Crippen molar-refractivity contribution in [2.45, 2.75) is 13.0 Å². The highest BCUT2D eigenvalue weighted by Gasteiger charge is 2.18. The van der Waals surface area contributed by atoms with Crippen LogP contribution in [-0.2, 0) is 4.74 Å². The first kappa shape index (κ1) is 15.6. The van der Waals surface area contributed by atoms with Gasteiger partial charge in [0.25, 0.3) is 0 Å². The first-order valence-corrected chi connectivity index (χ1v) is 7.48. The van der Waals surface area contributed by atoms with Crippen LogP contribution < -0.4 is 10.5 Å². The summed E-state index contributed by atoms with van der Waals surface area (Å²) in [5, 5.41) is 2.48. The highest BCUT2D eigenvalue weighted by atomic mass is 32.1. The predicted molar refractivity (Wildman–Crippen MR) is 82.0 cm³/mol. The normalized spacial score (nSPS) is 12.1. The topological polar surface area (TPSA) is 74.4 Å². The second kappa shape index (κ2) is 7.31. The van der Waals surface area contributed by atoms with Gasteiger partial charge in [-0.2, -0.15) is 0 Å². The van der Waals surface area contributed by atoms with Gasteiger partial charge in [0.15, 0.2) is 0 Å². The average Bonchev–Trinajstić information content (AvgIpc) is 2.97. The van der Waals surface area contributed by atoms with Crippen LogP contribution in [0.2, 0.25) is 0 Å². The number of carbonyl (C=O) groups is 1. The van der Waals surface area contributed by atoms with Gasteiger partial charge in [0.05, 0.1) is 18.2 Å². The van der Waals surface area contributed by atoms with Gasteiger partial charge in [-0.15, -0.1) is 11.3 Å². The molecule has 112 valence electrons. The van der Waals surface area contributed by atoms with Crippen molar-refractivity contribution in [1.82, 2.24) is 4.98 Å². The van der Waals surface area contributed by atoms with E-state index in [1.165, 1.54) is 11.3 Å². The number of ketones is 1. The number of benzene rings is 1. The van der Waals surface area contributed by atoms with Crippen molar-refractivity contribution in [3.05, 3.63) is 45.9 Å². The van der Waals surface area contributed by atoms with Gasteiger partial charge in [0.1, 0.15) is 23.1 Å². The first-order chi connectivity index (χ1) is 10.1. The van der Waals surface area contributed by atoms with E-state index in [0.29, 0.717) is 30.2 Å². The molecular weight excluding hydrogens is 288 g/mol. The average molecular weight is 306 g/mol. The fraction of sp³-hybridized carbons (Fsp3) is 0.333. The van der Waals surface area contributed by atoms with Gasteiger partial charge in [-0.25, -0.2) is 4.98 Å². The van der Waals surface area contributed by atoms with Gasteiger partial charge in [-0.05, 0) is 19.1 Å². The second-order valence-electron chi connectivity index (χ2n) is 4.53. The van der Waals surface area contributed by atoms with Gasteiger partial charge < -0.3 is 15.2 Å². The molecule has 2 N–H and O–H groups in total. The molecule has 0 saturated heterocycles. The highest BCUT2D eigenvalue weighted by molar-refractivity contribution is 7.09. The molecule has 0 aliphatic heterocycles. The molecule has 2 rings (SSSR count). The fourth-order valence-corrected chi connectivity index (χ4v) is 2.51. The Balaban J connectivity index is 2.21. The standard InChI is InChI=1S/C15H18N2O3S/c1-10(16)15-17-12(9-21-15)14(18)11-5-3-4-6-13(11)20-8-7-19-2/h3-6,9-10H,7-8,16H2,1-2H3. The van der Waals surface area contributed by atoms with Crippen molar-refractivity contribution >= 4 is 17.1 Å². The zero-order valence-corrected chi connectivity index (χ0v) is 12.9. The zero-order chi connectivity index (χ0) is 15.2. The van der Waals surface area contributed by atoms with Crippen LogP contribution in [0.5, 0.6) is 5.75 Å². The summed E-state index contributed by atoms with van der Waals surface area (Å²) in [4.78, 5) is 16.8. The van der Waals surface area contributed by atoms with Crippen LogP contribution in [-0.4, -0.2) is 31.1 Å². The third-order valence-electron chi connectivity index (χ3n) is 2.82. The van der Waals surface area contributed by atoms with E-state index in [4.69, 9.17) is 15.2 Å². The minimum Gasteiger partial charge on any atom is -0.490 e. The van der Waals surface area contributed by atoms with Crippen LogP contribution in [0.15, 0.2) is 29.6 Å². The molecule has 21 heavy (non-hydrogen) atoms. The molecule has 2 aromatic rings. The SMILES string of the molecule is COCCOc1ccccc1C(=O)c1csc(C(C)N)n1. The van der Waals surface area contributed by atoms with Crippen molar-refractivity contribution in [1.29, 1.82) is 0 Å². The third kappa shape index (κ3) is 3.87. The summed E-state index contributed by atoms with van der Waals surface area (Å²) in [5.41, 5.74) is 6.67. The van der Waals surface area contributed by atoms with Gasteiger partial charge in [0, 0.05) is 12.5 Å². The number of methoxy groups -OCH3 is 1. The van der Waals surface area contributed by atoms with Crippen LogP contribution in [0.25, 0.3) is 0 Å². The van der Waals surface area contributed by atoms with Gasteiger partial charge in [-0.3, -0.25) is 4.79 Å². The molecule has 0 spiro atoms. The van der Waals surface area contributed by atoms with Gasteiger partial charge in [0.2, 0.25) is 5.78 Å². The number of hydrogen-bond donors (Lipinski definition) is 1. The molecule has 0 bridgehead atoms. The molecule has 6 heteroatoms. The van der Waals surface area contributed by atoms with Crippen molar-refractivity contribution in [2.24, 2.45) is 5.73 Å². The van der Waals surface area contributed by atoms with E-state index < -0.39 is 0 Å². The monoisotopic (exact) mass is 306 g/mol. The van der Waals surface area contributed by atoms with E-state index in [0.717, 1.165) is 5.01 Å². The maximum absolute atomic E-state index is 12.5. The summed E-state index contributed by atoms with van der Waals surface area (Å²) in [6.45, 7) is 2.70. The maximum Gasteiger partial charge on any atom is 0.215 e. The number of carbonyl (C=O) groups excluding carboxylic acids is 1. The Morgan fingerprint density at radius 2 is 2.14 bits per heavy atom. The molecule has 1 aromatic heterocycles. The lowest BCUT2D eigenvalue weighted by atomic mass is 10.1.